The Kier molecular flexibility index (Phi) is 5.55. The van der Waals surface area contributed by atoms with Gasteiger partial charge in [0.25, 0.3) is 0 Å². The second-order valence-electron chi connectivity index (χ2n) is 6.39. The third kappa shape index (κ3) is 3.70. The summed E-state index contributed by atoms with van der Waals surface area (Å²) >= 11 is 6.01. The topological polar surface area (TPSA) is 45.5 Å². The van der Waals surface area contributed by atoms with Crippen LogP contribution in [0.5, 0.6) is 0 Å². The zero-order valence-corrected chi connectivity index (χ0v) is 14.3. The fourth-order valence-corrected chi connectivity index (χ4v) is 4.12. The summed E-state index contributed by atoms with van der Waals surface area (Å²) in [5, 5.41) is 9.97. The highest BCUT2D eigenvalue weighted by atomic mass is 35.5. The molecule has 0 spiro atoms. The second-order valence-corrected chi connectivity index (χ2v) is 6.83. The van der Waals surface area contributed by atoms with Crippen LogP contribution in [0, 0.1) is 17.2 Å². The van der Waals surface area contributed by atoms with Gasteiger partial charge in [0.1, 0.15) is 0 Å². The Hall–Kier alpha value is -1.12. The minimum absolute atomic E-state index is 0.324. The summed E-state index contributed by atoms with van der Waals surface area (Å²) < 4.78 is 11.4. The maximum Gasteiger partial charge on any atom is 0.0995 e. The first-order valence-electron chi connectivity index (χ1n) is 8.26. The third-order valence-corrected chi connectivity index (χ3v) is 5.38. The number of halogens is 1. The molecule has 0 bridgehead atoms. The van der Waals surface area contributed by atoms with Crippen LogP contribution in [-0.4, -0.2) is 43.9 Å². The Bertz CT molecular complexity index is 587. The van der Waals surface area contributed by atoms with Crippen molar-refractivity contribution in [2.45, 2.75) is 38.0 Å². The quantitative estimate of drug-likeness (QED) is 0.848. The number of methoxy groups -OCH3 is 1. The Labute approximate surface area is 142 Å². The number of ether oxygens (including phenoxy) is 2. The largest absolute Gasteiger partial charge is 0.381 e. The van der Waals surface area contributed by atoms with Crippen LogP contribution in [0.15, 0.2) is 18.2 Å². The van der Waals surface area contributed by atoms with E-state index in [1.54, 1.807) is 6.07 Å². The summed E-state index contributed by atoms with van der Waals surface area (Å²) in [5.74, 6) is 0.512. The third-order valence-electron chi connectivity index (χ3n) is 5.15. The van der Waals surface area contributed by atoms with Gasteiger partial charge < -0.3 is 9.47 Å². The van der Waals surface area contributed by atoms with Crippen LogP contribution in [0.4, 0.5) is 0 Å². The van der Waals surface area contributed by atoms with Crippen molar-refractivity contribution in [1.82, 2.24) is 4.90 Å². The zero-order chi connectivity index (χ0) is 16.2. The molecule has 1 aliphatic carbocycles. The van der Waals surface area contributed by atoms with Crippen LogP contribution in [0.3, 0.4) is 0 Å². The Morgan fingerprint density at radius 2 is 2.30 bits per heavy atom. The summed E-state index contributed by atoms with van der Waals surface area (Å²) in [6.07, 6.45) is 3.87. The minimum atomic E-state index is 0.324. The van der Waals surface area contributed by atoms with Crippen molar-refractivity contribution in [2.24, 2.45) is 5.92 Å². The van der Waals surface area contributed by atoms with E-state index >= 15 is 0 Å². The van der Waals surface area contributed by atoms with E-state index in [4.69, 9.17) is 21.1 Å². The number of rotatable bonds is 4. The SMILES string of the molecule is COC1CCCC1C1COCCN1Cc1ccc(Cl)cc1C#N. The number of benzene rings is 1. The van der Waals surface area contributed by atoms with E-state index in [2.05, 4.69) is 11.0 Å². The monoisotopic (exact) mass is 334 g/mol. The molecule has 2 aliphatic rings. The van der Waals surface area contributed by atoms with Crippen molar-refractivity contribution < 1.29 is 9.47 Å². The molecule has 2 fully saturated rings. The summed E-state index contributed by atoms with van der Waals surface area (Å²) in [6.45, 7) is 3.16. The molecular formula is C18H23ClN2O2. The maximum atomic E-state index is 9.36. The summed E-state index contributed by atoms with van der Waals surface area (Å²) in [6, 6.07) is 8.20. The van der Waals surface area contributed by atoms with E-state index in [9.17, 15) is 5.26 Å². The van der Waals surface area contributed by atoms with Crippen molar-refractivity contribution in [2.75, 3.05) is 26.9 Å². The number of hydrogen-bond acceptors (Lipinski definition) is 4. The zero-order valence-electron chi connectivity index (χ0n) is 13.5. The second kappa shape index (κ2) is 7.63. The lowest BCUT2D eigenvalue weighted by atomic mass is 9.93. The molecule has 0 aromatic heterocycles. The molecule has 124 valence electrons. The first kappa shape index (κ1) is 16.7. The molecule has 0 amide bonds. The predicted molar refractivity (Wildman–Crippen MR) is 89.3 cm³/mol. The van der Waals surface area contributed by atoms with Crippen LogP contribution in [0.1, 0.15) is 30.4 Å². The van der Waals surface area contributed by atoms with Crippen LogP contribution in [0.2, 0.25) is 5.02 Å². The van der Waals surface area contributed by atoms with Crippen molar-refractivity contribution in [3.05, 3.63) is 34.3 Å². The smallest absolute Gasteiger partial charge is 0.0995 e. The number of hydrogen-bond donors (Lipinski definition) is 0. The van der Waals surface area contributed by atoms with Crippen LogP contribution in [0.25, 0.3) is 0 Å². The number of nitriles is 1. The molecule has 0 radical (unpaired) electrons. The molecule has 1 saturated heterocycles. The average molecular weight is 335 g/mol. The summed E-state index contributed by atoms with van der Waals surface area (Å²) in [5.41, 5.74) is 1.70. The molecule has 4 nitrogen and oxygen atoms in total. The molecule has 1 aromatic rings. The molecule has 5 heteroatoms. The Morgan fingerprint density at radius 3 is 3.09 bits per heavy atom. The van der Waals surface area contributed by atoms with Gasteiger partial charge in [-0.3, -0.25) is 4.90 Å². The van der Waals surface area contributed by atoms with Crippen molar-refractivity contribution in [1.29, 1.82) is 5.26 Å². The Balaban J connectivity index is 1.78. The van der Waals surface area contributed by atoms with Gasteiger partial charge in [0.15, 0.2) is 0 Å². The number of nitrogens with zero attached hydrogens (tertiary/aromatic N) is 2. The minimum Gasteiger partial charge on any atom is -0.381 e. The standard InChI is InChI=1S/C18H23ClN2O2/c1-22-18-4-2-3-16(18)17-12-23-8-7-21(17)11-13-5-6-15(19)9-14(13)10-20/h5-6,9,16-18H,2-4,7-8,11-12H2,1H3. The van der Waals surface area contributed by atoms with E-state index in [0.717, 1.165) is 38.3 Å². The first-order valence-corrected chi connectivity index (χ1v) is 8.64. The van der Waals surface area contributed by atoms with Crippen molar-refractivity contribution in [3.63, 3.8) is 0 Å². The molecule has 23 heavy (non-hydrogen) atoms. The van der Waals surface area contributed by atoms with E-state index < -0.39 is 0 Å². The van der Waals surface area contributed by atoms with Crippen LogP contribution < -0.4 is 0 Å². The van der Waals surface area contributed by atoms with E-state index in [1.165, 1.54) is 12.8 Å². The Morgan fingerprint density at radius 1 is 1.43 bits per heavy atom. The average Bonchev–Trinajstić information content (AvgIpc) is 3.05. The summed E-state index contributed by atoms with van der Waals surface area (Å²) in [4.78, 5) is 2.45. The molecule has 3 unspecified atom stereocenters. The van der Waals surface area contributed by atoms with E-state index in [1.807, 2.05) is 19.2 Å². The lowest BCUT2D eigenvalue weighted by Crippen LogP contribution is -2.50. The first-order chi connectivity index (χ1) is 11.2. The highest BCUT2D eigenvalue weighted by Crippen LogP contribution is 2.34. The van der Waals surface area contributed by atoms with Gasteiger partial charge in [-0.1, -0.05) is 24.1 Å². The van der Waals surface area contributed by atoms with Gasteiger partial charge in [0.05, 0.1) is 31.0 Å². The lowest BCUT2D eigenvalue weighted by molar-refractivity contribution is -0.0608. The van der Waals surface area contributed by atoms with E-state index in [-0.39, 0.29) is 0 Å². The van der Waals surface area contributed by atoms with Crippen molar-refractivity contribution >= 4 is 11.6 Å². The molecule has 3 rings (SSSR count). The van der Waals surface area contributed by atoms with Gasteiger partial charge in [0, 0.05) is 37.2 Å². The van der Waals surface area contributed by atoms with Crippen LogP contribution >= 0.6 is 11.6 Å². The molecule has 3 atom stereocenters. The fraction of sp³-hybridized carbons (Fsp3) is 0.611. The molecule has 1 saturated carbocycles. The molecule has 1 heterocycles. The van der Waals surface area contributed by atoms with Gasteiger partial charge in [0.2, 0.25) is 0 Å². The van der Waals surface area contributed by atoms with Gasteiger partial charge in [-0.25, -0.2) is 0 Å². The maximum absolute atomic E-state index is 9.36. The van der Waals surface area contributed by atoms with Gasteiger partial charge >= 0.3 is 0 Å². The number of morpholine rings is 1. The highest BCUT2D eigenvalue weighted by Gasteiger charge is 2.38. The van der Waals surface area contributed by atoms with Gasteiger partial charge in [-0.05, 0) is 30.5 Å². The fourth-order valence-electron chi connectivity index (χ4n) is 3.94. The highest BCUT2D eigenvalue weighted by molar-refractivity contribution is 6.30. The normalized spacial score (nSPS) is 28.7. The predicted octanol–water partition coefficient (Wildman–Crippen LogP) is 3.23. The summed E-state index contributed by atoms with van der Waals surface area (Å²) in [7, 11) is 1.81. The van der Waals surface area contributed by atoms with Crippen molar-refractivity contribution in [3.8, 4) is 6.07 Å². The van der Waals surface area contributed by atoms with Crippen LogP contribution in [-0.2, 0) is 16.0 Å². The molecule has 1 aliphatic heterocycles. The lowest BCUT2D eigenvalue weighted by Gasteiger charge is -2.40. The molecule has 0 N–H and O–H groups in total. The molecular weight excluding hydrogens is 312 g/mol. The van der Waals surface area contributed by atoms with E-state index in [0.29, 0.717) is 28.6 Å². The van der Waals surface area contributed by atoms with Gasteiger partial charge in [-0.15, -0.1) is 0 Å². The van der Waals surface area contributed by atoms with Gasteiger partial charge in [-0.2, -0.15) is 5.26 Å². The molecule has 1 aromatic carbocycles.